The molecule has 0 spiro atoms. The first-order valence-corrected chi connectivity index (χ1v) is 11.9. The Morgan fingerprint density at radius 1 is 0.707 bits per heavy atom. The Balaban J connectivity index is 1.55. The van der Waals surface area contributed by atoms with Crippen LogP contribution in [0.2, 0.25) is 0 Å². The topological polar surface area (TPSA) is 135 Å². The average molecular weight is 560 g/mol. The van der Waals surface area contributed by atoms with Crippen molar-refractivity contribution in [3.63, 3.8) is 0 Å². The molecule has 0 aliphatic rings. The van der Waals surface area contributed by atoms with Crippen molar-refractivity contribution in [3.8, 4) is 22.8 Å². The molecule has 0 aliphatic carbocycles. The lowest BCUT2D eigenvalue weighted by Crippen LogP contribution is -2.17. The number of nitrogen functional groups attached to an aromatic ring is 2. The molecular weight excluding hydrogens is 541 g/mol. The molecule has 0 aliphatic heterocycles. The summed E-state index contributed by atoms with van der Waals surface area (Å²) in [7, 11) is 0. The van der Waals surface area contributed by atoms with Gasteiger partial charge in [0, 0.05) is 16.9 Å². The van der Waals surface area contributed by atoms with Gasteiger partial charge >= 0.3 is 18.1 Å². The van der Waals surface area contributed by atoms with Gasteiger partial charge in [0.25, 0.3) is 0 Å². The summed E-state index contributed by atoms with van der Waals surface area (Å²) in [4.78, 5) is 38.7. The lowest BCUT2D eigenvalue weighted by atomic mass is 10.1. The predicted octanol–water partition coefficient (Wildman–Crippen LogP) is 6.08. The largest absolute Gasteiger partial charge is 0.452 e. The summed E-state index contributed by atoms with van der Waals surface area (Å²) in [5.41, 5.74) is 10.4. The molecule has 1 aromatic heterocycles. The number of anilines is 2. The molecule has 41 heavy (non-hydrogen) atoms. The fourth-order valence-electron chi connectivity index (χ4n) is 3.87. The van der Waals surface area contributed by atoms with Gasteiger partial charge in [0.1, 0.15) is 11.3 Å². The normalized spacial score (nSPS) is 11.3. The third-order valence-electron chi connectivity index (χ3n) is 5.99. The molecule has 0 amide bonds. The van der Waals surface area contributed by atoms with Crippen LogP contribution in [0, 0.1) is 0 Å². The molecule has 0 bridgehead atoms. The number of hydrogen-bond acceptors (Lipinski definition) is 8. The van der Waals surface area contributed by atoms with Gasteiger partial charge in [-0.15, -0.1) is 0 Å². The molecule has 0 fully saturated rings. The lowest BCUT2D eigenvalue weighted by Gasteiger charge is -2.13. The van der Waals surface area contributed by atoms with E-state index in [9.17, 15) is 27.6 Å². The molecule has 1 heterocycles. The van der Waals surface area contributed by atoms with Crippen molar-refractivity contribution in [1.29, 1.82) is 0 Å². The van der Waals surface area contributed by atoms with Crippen molar-refractivity contribution >= 4 is 34.3 Å². The van der Waals surface area contributed by atoms with Gasteiger partial charge in [-0.3, -0.25) is 4.79 Å². The minimum atomic E-state index is -4.72. The highest BCUT2D eigenvalue weighted by atomic mass is 19.4. The number of halogens is 3. The highest BCUT2D eigenvalue weighted by Gasteiger charge is 2.32. The van der Waals surface area contributed by atoms with E-state index in [4.69, 9.17) is 25.4 Å². The highest BCUT2D eigenvalue weighted by Crippen LogP contribution is 2.35. The van der Waals surface area contributed by atoms with Crippen LogP contribution >= 0.6 is 0 Å². The van der Waals surface area contributed by atoms with Gasteiger partial charge in [-0.25, -0.2) is 9.59 Å². The average Bonchev–Trinajstić information content (AvgIpc) is 2.95. The van der Waals surface area contributed by atoms with Crippen LogP contribution in [0.1, 0.15) is 26.3 Å². The number of carbonyl (C=O) groups is 2. The Bertz CT molecular complexity index is 1830. The lowest BCUT2D eigenvalue weighted by molar-refractivity contribution is -0.137. The molecule has 0 saturated heterocycles. The maximum absolute atomic E-state index is 13.4. The molecule has 5 aromatic rings. The van der Waals surface area contributed by atoms with Crippen LogP contribution in [-0.4, -0.2) is 11.9 Å². The molecule has 11 heteroatoms. The third kappa shape index (κ3) is 5.74. The first kappa shape index (κ1) is 27.0. The smallest absolute Gasteiger partial charge is 0.416 e. The van der Waals surface area contributed by atoms with E-state index < -0.39 is 40.2 Å². The van der Waals surface area contributed by atoms with Gasteiger partial charge in [-0.2, -0.15) is 13.2 Å². The van der Waals surface area contributed by atoms with Gasteiger partial charge in [0.2, 0.25) is 11.2 Å². The summed E-state index contributed by atoms with van der Waals surface area (Å²) in [6.07, 6.45) is -4.72. The second-order valence-corrected chi connectivity index (χ2v) is 8.85. The summed E-state index contributed by atoms with van der Waals surface area (Å²) >= 11 is 0. The van der Waals surface area contributed by atoms with Crippen molar-refractivity contribution in [2.45, 2.75) is 6.18 Å². The Labute approximate surface area is 229 Å². The SMILES string of the molecule is Nc1ccc(C(=O)Oc2ccc(-c3oc4ccc(C(F)(F)F)cc4c(=O)c3OC(=O)c3ccc(N)cc3)cc2)cc1. The van der Waals surface area contributed by atoms with Gasteiger partial charge in [-0.1, -0.05) is 0 Å². The van der Waals surface area contributed by atoms with E-state index in [2.05, 4.69) is 0 Å². The van der Waals surface area contributed by atoms with Crippen LogP contribution in [0.25, 0.3) is 22.3 Å². The first-order valence-electron chi connectivity index (χ1n) is 11.9. The van der Waals surface area contributed by atoms with E-state index in [0.717, 1.165) is 12.1 Å². The second kappa shape index (κ2) is 10.5. The zero-order valence-electron chi connectivity index (χ0n) is 20.9. The van der Waals surface area contributed by atoms with E-state index in [0.29, 0.717) is 17.4 Å². The maximum atomic E-state index is 13.4. The van der Waals surface area contributed by atoms with Gasteiger partial charge < -0.3 is 25.4 Å². The van der Waals surface area contributed by atoms with Crippen LogP contribution in [0.4, 0.5) is 24.5 Å². The Morgan fingerprint density at radius 3 is 1.78 bits per heavy atom. The molecule has 0 radical (unpaired) electrons. The van der Waals surface area contributed by atoms with Crippen molar-refractivity contribution in [2.75, 3.05) is 11.5 Å². The zero-order chi connectivity index (χ0) is 29.3. The van der Waals surface area contributed by atoms with E-state index >= 15 is 0 Å². The molecule has 4 aromatic carbocycles. The Hall–Kier alpha value is -5.58. The van der Waals surface area contributed by atoms with Crippen LogP contribution < -0.4 is 26.4 Å². The van der Waals surface area contributed by atoms with E-state index in [1.807, 2.05) is 0 Å². The summed E-state index contributed by atoms with van der Waals surface area (Å²) < 4.78 is 56.6. The zero-order valence-corrected chi connectivity index (χ0v) is 20.9. The number of hydrogen-bond donors (Lipinski definition) is 2. The molecule has 5 rings (SSSR count). The number of ether oxygens (including phenoxy) is 2. The standard InChI is InChI=1S/C30H19F3N2O6/c31-30(32,33)19-7-14-24-23(15-19)25(36)27(41-29(38)18-3-10-21(35)11-4-18)26(40-24)16-5-12-22(13-6-16)39-28(37)17-1-8-20(34)9-2-17/h1-15H,34-35H2. The van der Waals surface area contributed by atoms with Crippen molar-refractivity contribution in [1.82, 2.24) is 0 Å². The number of benzene rings is 4. The minimum absolute atomic E-state index is 0.0404. The quantitative estimate of drug-likeness (QED) is 0.150. The number of fused-ring (bicyclic) bond motifs is 1. The third-order valence-corrected chi connectivity index (χ3v) is 5.99. The van der Waals surface area contributed by atoms with Crippen LogP contribution in [0.3, 0.4) is 0 Å². The molecule has 0 unspecified atom stereocenters. The molecule has 206 valence electrons. The Kier molecular flexibility index (Phi) is 6.94. The highest BCUT2D eigenvalue weighted by molar-refractivity contribution is 5.93. The van der Waals surface area contributed by atoms with Crippen LogP contribution in [0.5, 0.6) is 11.5 Å². The van der Waals surface area contributed by atoms with Crippen molar-refractivity contribution in [2.24, 2.45) is 0 Å². The first-order chi connectivity index (χ1) is 19.5. The number of esters is 2. The number of rotatable bonds is 5. The molecule has 4 N–H and O–H groups in total. The maximum Gasteiger partial charge on any atom is 0.416 e. The van der Waals surface area contributed by atoms with Gasteiger partial charge in [0.05, 0.1) is 22.1 Å². The summed E-state index contributed by atoms with van der Waals surface area (Å²) in [5, 5.41) is -0.433. The van der Waals surface area contributed by atoms with Crippen LogP contribution in [0.15, 0.2) is 100 Å². The molecule has 0 atom stereocenters. The van der Waals surface area contributed by atoms with Crippen molar-refractivity contribution in [3.05, 3.63) is 118 Å². The summed E-state index contributed by atoms with van der Waals surface area (Å²) in [6.45, 7) is 0. The predicted molar refractivity (Wildman–Crippen MR) is 145 cm³/mol. The molecule has 0 saturated carbocycles. The van der Waals surface area contributed by atoms with Crippen molar-refractivity contribution < 1.29 is 36.7 Å². The van der Waals surface area contributed by atoms with Crippen LogP contribution in [-0.2, 0) is 6.18 Å². The number of carbonyl (C=O) groups excluding carboxylic acids is 2. The second-order valence-electron chi connectivity index (χ2n) is 8.85. The molecular formula is C30H19F3N2O6. The van der Waals surface area contributed by atoms with E-state index in [-0.39, 0.29) is 33.8 Å². The fourth-order valence-corrected chi connectivity index (χ4v) is 3.87. The summed E-state index contributed by atoms with van der Waals surface area (Å²) in [5.74, 6) is -2.30. The monoisotopic (exact) mass is 560 g/mol. The van der Waals surface area contributed by atoms with E-state index in [1.54, 1.807) is 12.1 Å². The molecule has 8 nitrogen and oxygen atoms in total. The number of nitrogens with two attached hydrogens (primary N) is 2. The van der Waals surface area contributed by atoms with Gasteiger partial charge in [0.15, 0.2) is 5.76 Å². The minimum Gasteiger partial charge on any atom is -0.452 e. The van der Waals surface area contributed by atoms with Gasteiger partial charge in [-0.05, 0) is 91.0 Å². The summed E-state index contributed by atoms with van der Waals surface area (Å²) in [6, 6.07) is 19.8. The number of alkyl halides is 3. The van der Waals surface area contributed by atoms with E-state index in [1.165, 1.54) is 60.7 Å². The Morgan fingerprint density at radius 2 is 1.24 bits per heavy atom. The fraction of sp³-hybridized carbons (Fsp3) is 0.0333.